The quantitative estimate of drug-likeness (QED) is 0.407. The monoisotopic (exact) mass is 516 g/mol. The van der Waals surface area contributed by atoms with Crippen LogP contribution in [-0.2, 0) is 29.9 Å². The van der Waals surface area contributed by atoms with Crippen molar-refractivity contribution in [2.24, 2.45) is 7.05 Å². The molecular weight excluding hydrogens is 498 g/mol. The van der Waals surface area contributed by atoms with E-state index in [1.54, 1.807) is 37.1 Å². The fourth-order valence-electron chi connectivity index (χ4n) is 4.11. The summed E-state index contributed by atoms with van der Waals surface area (Å²) in [6.45, 7) is 0. The molecule has 1 aliphatic carbocycles. The molecule has 0 saturated heterocycles. The summed E-state index contributed by atoms with van der Waals surface area (Å²) in [6.07, 6.45) is 4.78. The van der Waals surface area contributed by atoms with Crippen molar-refractivity contribution in [1.82, 2.24) is 19.7 Å². The lowest BCUT2D eigenvalue weighted by Gasteiger charge is -2.23. The first-order valence-corrected chi connectivity index (χ1v) is 12.4. The second-order valence-corrected chi connectivity index (χ2v) is 10.1. The van der Waals surface area contributed by atoms with Gasteiger partial charge in [-0.05, 0) is 48.2 Å². The lowest BCUT2D eigenvalue weighted by atomic mass is 9.86. The van der Waals surface area contributed by atoms with E-state index in [1.807, 2.05) is 6.20 Å². The van der Waals surface area contributed by atoms with Crippen LogP contribution in [0.2, 0.25) is 5.02 Å². The van der Waals surface area contributed by atoms with Crippen LogP contribution < -0.4 is 10.0 Å². The number of fused-ring (bicyclic) bond motifs is 3. The molecule has 5 rings (SSSR count). The van der Waals surface area contributed by atoms with Gasteiger partial charge in [-0.25, -0.2) is 27.2 Å². The van der Waals surface area contributed by atoms with E-state index in [2.05, 4.69) is 25.1 Å². The number of aromatic nitrogens is 4. The summed E-state index contributed by atoms with van der Waals surface area (Å²) in [6, 6.07) is 5.52. The van der Waals surface area contributed by atoms with Crippen LogP contribution in [0.1, 0.15) is 11.3 Å². The number of benzene rings is 2. The first-order chi connectivity index (χ1) is 16.7. The fourth-order valence-corrected chi connectivity index (χ4v) is 5.53. The third-order valence-corrected chi connectivity index (χ3v) is 7.42. The summed E-state index contributed by atoms with van der Waals surface area (Å²) in [7, 11) is -0.862. The zero-order valence-corrected chi connectivity index (χ0v) is 20.2. The Bertz CT molecular complexity index is 1590. The Morgan fingerprint density at radius 2 is 1.91 bits per heavy atom. The summed E-state index contributed by atoms with van der Waals surface area (Å²) in [5.41, 5.74) is 4.57. The second kappa shape index (κ2) is 8.58. The fraction of sp³-hybridized carbons (Fsp3) is 0.174. The topological polar surface area (TPSA) is 102 Å². The average molecular weight is 517 g/mol. The molecule has 2 heterocycles. The molecule has 2 N–H and O–H groups in total. The number of nitrogens with one attached hydrogen (secondary N) is 2. The largest absolute Gasteiger partial charge is 0.357 e. The van der Waals surface area contributed by atoms with Crippen LogP contribution in [-0.4, -0.2) is 35.2 Å². The molecule has 1 aliphatic rings. The van der Waals surface area contributed by atoms with Gasteiger partial charge in [-0.2, -0.15) is 5.10 Å². The van der Waals surface area contributed by atoms with Crippen LogP contribution in [0.4, 0.5) is 20.4 Å². The minimum atomic E-state index is -4.39. The van der Waals surface area contributed by atoms with Gasteiger partial charge in [0, 0.05) is 37.5 Å². The van der Waals surface area contributed by atoms with Gasteiger partial charge in [0.05, 0.1) is 28.3 Å². The van der Waals surface area contributed by atoms with Gasteiger partial charge >= 0.3 is 0 Å². The van der Waals surface area contributed by atoms with E-state index in [9.17, 15) is 17.2 Å². The van der Waals surface area contributed by atoms with Crippen LogP contribution >= 0.6 is 11.6 Å². The Labute approximate surface area is 205 Å². The molecule has 180 valence electrons. The number of nitrogens with zero attached hydrogens (tertiary/aromatic N) is 4. The molecule has 35 heavy (non-hydrogen) atoms. The number of anilines is 2. The predicted molar refractivity (Wildman–Crippen MR) is 129 cm³/mol. The molecule has 0 amide bonds. The number of hydrogen-bond acceptors (Lipinski definition) is 6. The number of hydrogen-bond donors (Lipinski definition) is 2. The third kappa shape index (κ3) is 4.21. The van der Waals surface area contributed by atoms with Gasteiger partial charge in [0.1, 0.15) is 16.5 Å². The number of halogens is 3. The zero-order chi connectivity index (χ0) is 24.9. The molecule has 0 atom stereocenters. The second-order valence-electron chi connectivity index (χ2n) is 8.04. The normalized spacial score (nSPS) is 12.7. The van der Waals surface area contributed by atoms with E-state index in [0.717, 1.165) is 34.5 Å². The van der Waals surface area contributed by atoms with Crippen LogP contribution in [0.15, 0.2) is 47.6 Å². The number of rotatable bonds is 5. The van der Waals surface area contributed by atoms with Gasteiger partial charge in [0.2, 0.25) is 5.95 Å². The van der Waals surface area contributed by atoms with E-state index in [0.29, 0.717) is 36.1 Å². The first-order valence-electron chi connectivity index (χ1n) is 10.5. The van der Waals surface area contributed by atoms with Crippen molar-refractivity contribution in [3.8, 4) is 22.4 Å². The molecule has 4 aromatic rings. The Hall–Kier alpha value is -3.57. The van der Waals surface area contributed by atoms with E-state index in [1.165, 1.54) is 0 Å². The van der Waals surface area contributed by atoms with E-state index < -0.39 is 26.6 Å². The van der Waals surface area contributed by atoms with Crippen molar-refractivity contribution in [1.29, 1.82) is 0 Å². The maximum atomic E-state index is 14.2. The number of sulfonamides is 1. The van der Waals surface area contributed by atoms with Gasteiger partial charge in [-0.3, -0.25) is 9.40 Å². The summed E-state index contributed by atoms with van der Waals surface area (Å²) in [5.74, 6) is -1.63. The van der Waals surface area contributed by atoms with Crippen LogP contribution in [0.3, 0.4) is 0 Å². The highest BCUT2D eigenvalue weighted by Gasteiger charge is 2.27. The van der Waals surface area contributed by atoms with E-state index in [4.69, 9.17) is 11.6 Å². The zero-order valence-electron chi connectivity index (χ0n) is 18.6. The van der Waals surface area contributed by atoms with Crippen molar-refractivity contribution in [3.63, 3.8) is 0 Å². The van der Waals surface area contributed by atoms with Crippen molar-refractivity contribution < 1.29 is 17.2 Å². The maximum Gasteiger partial charge on any atom is 0.264 e. The Kier molecular flexibility index (Phi) is 5.68. The molecule has 0 radical (unpaired) electrons. The number of aryl methyl sites for hydroxylation is 3. The van der Waals surface area contributed by atoms with Gasteiger partial charge in [-0.15, -0.1) is 0 Å². The molecule has 2 aromatic heterocycles. The molecule has 0 spiro atoms. The van der Waals surface area contributed by atoms with Crippen LogP contribution in [0.25, 0.3) is 22.4 Å². The van der Waals surface area contributed by atoms with Crippen molar-refractivity contribution in [3.05, 3.63) is 70.6 Å². The van der Waals surface area contributed by atoms with Crippen molar-refractivity contribution >= 4 is 33.3 Å². The molecule has 0 fully saturated rings. The molecule has 0 saturated carbocycles. The van der Waals surface area contributed by atoms with E-state index >= 15 is 0 Å². The van der Waals surface area contributed by atoms with Gasteiger partial charge < -0.3 is 5.32 Å². The third-order valence-electron chi connectivity index (χ3n) is 5.71. The minimum absolute atomic E-state index is 0.0526. The highest BCUT2D eigenvalue weighted by Crippen LogP contribution is 2.43. The highest BCUT2D eigenvalue weighted by molar-refractivity contribution is 7.92. The van der Waals surface area contributed by atoms with Gasteiger partial charge in [0.15, 0.2) is 0 Å². The van der Waals surface area contributed by atoms with Crippen molar-refractivity contribution in [2.75, 3.05) is 17.1 Å². The van der Waals surface area contributed by atoms with Crippen molar-refractivity contribution in [2.45, 2.75) is 17.7 Å². The molecule has 0 bridgehead atoms. The molecule has 8 nitrogen and oxygen atoms in total. The van der Waals surface area contributed by atoms with Crippen LogP contribution in [0.5, 0.6) is 0 Å². The van der Waals surface area contributed by atoms with Crippen LogP contribution in [0, 0.1) is 11.6 Å². The minimum Gasteiger partial charge on any atom is -0.357 e. The lowest BCUT2D eigenvalue weighted by Crippen LogP contribution is -2.16. The molecule has 0 unspecified atom stereocenters. The SMILES string of the molecule is CNc1nc2c(c(-c3cnn(C)c3)n1)-c1cc(NS(=O)(=O)c3ccc(F)cc3F)c(Cl)cc1CC2. The molecule has 2 aromatic carbocycles. The first kappa shape index (κ1) is 23.2. The summed E-state index contributed by atoms with van der Waals surface area (Å²) in [4.78, 5) is 8.57. The standard InChI is InChI=1S/C23H19ClF2N6O2S/c1-27-23-29-18-5-3-12-7-16(24)19(31-35(33,34)20-6-4-14(25)8-17(20)26)9-15(12)21(18)22(30-23)13-10-28-32(2)11-13/h4,6-11,31H,3,5H2,1-2H3,(H,27,29,30). The smallest absolute Gasteiger partial charge is 0.264 e. The van der Waals surface area contributed by atoms with Gasteiger partial charge in [-0.1, -0.05) is 11.6 Å². The lowest BCUT2D eigenvalue weighted by molar-refractivity contribution is 0.551. The summed E-state index contributed by atoms with van der Waals surface area (Å²) < 4.78 is 57.3. The molecule has 12 heteroatoms. The van der Waals surface area contributed by atoms with Gasteiger partial charge in [0.25, 0.3) is 10.0 Å². The Morgan fingerprint density at radius 1 is 1.11 bits per heavy atom. The summed E-state index contributed by atoms with van der Waals surface area (Å²) in [5, 5.41) is 7.36. The predicted octanol–water partition coefficient (Wildman–Crippen LogP) is 4.42. The average Bonchev–Trinajstić information content (AvgIpc) is 3.24. The van der Waals surface area contributed by atoms with E-state index in [-0.39, 0.29) is 10.7 Å². The highest BCUT2D eigenvalue weighted by atomic mass is 35.5. The maximum absolute atomic E-state index is 14.2. The Balaban J connectivity index is 1.66. The Morgan fingerprint density at radius 3 is 2.60 bits per heavy atom. The summed E-state index contributed by atoms with van der Waals surface area (Å²) >= 11 is 6.42. The molecule has 0 aliphatic heterocycles. The molecular formula is C23H19ClF2N6O2S.